The zero-order chi connectivity index (χ0) is 18.5. The number of imide groups is 1. The number of rotatable bonds is 5. The molecular weight excluding hydrogens is 355 g/mol. The highest BCUT2D eigenvalue weighted by atomic mass is 32.2. The number of ether oxygens (including phenoxy) is 1. The Morgan fingerprint density at radius 2 is 2.00 bits per heavy atom. The maximum Gasteiger partial charge on any atom is 0.293 e. The number of nitrogens with zero attached hydrogens (tertiary/aromatic N) is 2. The van der Waals surface area contributed by atoms with Gasteiger partial charge in [0, 0.05) is 5.56 Å². The Kier molecular flexibility index (Phi) is 5.34. The van der Waals surface area contributed by atoms with Crippen LogP contribution < -0.4 is 4.74 Å². The smallest absolute Gasteiger partial charge is 0.293 e. The molecule has 1 aliphatic rings. The summed E-state index contributed by atoms with van der Waals surface area (Å²) in [5.41, 5.74) is 0.944. The molecule has 0 unspecified atom stereocenters. The quantitative estimate of drug-likeness (QED) is 0.747. The highest BCUT2D eigenvalue weighted by Crippen LogP contribution is 2.33. The lowest BCUT2D eigenvalue weighted by Gasteiger charge is -2.12. The molecule has 1 heterocycles. The number of benzene rings is 2. The van der Waals surface area contributed by atoms with E-state index >= 15 is 0 Å². The molecular formula is C19H13FN2O3S. The lowest BCUT2D eigenvalue weighted by Crippen LogP contribution is -2.27. The maximum atomic E-state index is 13.8. The molecule has 2 amide bonds. The van der Waals surface area contributed by atoms with Crippen LogP contribution in [-0.4, -0.2) is 22.7 Å². The van der Waals surface area contributed by atoms with Crippen molar-refractivity contribution in [3.63, 3.8) is 0 Å². The molecule has 0 N–H and O–H groups in total. The van der Waals surface area contributed by atoms with Crippen LogP contribution in [0.15, 0.2) is 53.4 Å². The summed E-state index contributed by atoms with van der Waals surface area (Å²) in [6.45, 7) is -0.192. The lowest BCUT2D eigenvalue weighted by molar-refractivity contribution is -0.123. The van der Waals surface area contributed by atoms with Gasteiger partial charge in [-0.05, 0) is 41.6 Å². The van der Waals surface area contributed by atoms with Crippen molar-refractivity contribution in [2.24, 2.45) is 0 Å². The van der Waals surface area contributed by atoms with E-state index in [1.807, 2.05) is 6.07 Å². The summed E-state index contributed by atoms with van der Waals surface area (Å²) in [5, 5.41) is 8.11. The van der Waals surface area contributed by atoms with Crippen LogP contribution in [0.1, 0.15) is 11.1 Å². The van der Waals surface area contributed by atoms with Crippen molar-refractivity contribution in [3.8, 4) is 11.8 Å². The molecule has 26 heavy (non-hydrogen) atoms. The molecule has 130 valence electrons. The van der Waals surface area contributed by atoms with Crippen LogP contribution in [0.4, 0.5) is 9.18 Å². The van der Waals surface area contributed by atoms with Gasteiger partial charge in [-0.15, -0.1) is 0 Å². The maximum absolute atomic E-state index is 13.8. The first kappa shape index (κ1) is 17.7. The van der Waals surface area contributed by atoms with E-state index in [-0.39, 0.29) is 23.6 Å². The molecule has 1 fully saturated rings. The number of carbonyl (C=O) groups is 2. The van der Waals surface area contributed by atoms with Crippen LogP contribution in [0, 0.1) is 17.1 Å². The minimum absolute atomic E-state index is 0.0807. The molecule has 2 aromatic carbocycles. The van der Waals surface area contributed by atoms with E-state index < -0.39 is 17.0 Å². The average Bonchev–Trinajstić information content (AvgIpc) is 2.89. The Balaban J connectivity index is 1.79. The van der Waals surface area contributed by atoms with Crippen molar-refractivity contribution in [1.29, 1.82) is 5.26 Å². The van der Waals surface area contributed by atoms with E-state index in [9.17, 15) is 14.0 Å². The first-order chi connectivity index (χ1) is 12.6. The number of halogens is 1. The van der Waals surface area contributed by atoms with Gasteiger partial charge in [-0.2, -0.15) is 5.26 Å². The molecule has 0 saturated carbocycles. The Bertz CT molecular complexity index is 936. The van der Waals surface area contributed by atoms with E-state index in [1.54, 1.807) is 42.5 Å². The Morgan fingerprint density at radius 1 is 1.19 bits per heavy atom. The molecule has 0 spiro atoms. The van der Waals surface area contributed by atoms with Crippen LogP contribution in [0.25, 0.3) is 6.08 Å². The topological polar surface area (TPSA) is 70.4 Å². The van der Waals surface area contributed by atoms with Gasteiger partial charge < -0.3 is 4.74 Å². The van der Waals surface area contributed by atoms with Gasteiger partial charge in [-0.25, -0.2) is 4.39 Å². The summed E-state index contributed by atoms with van der Waals surface area (Å²) in [7, 11) is 0. The van der Waals surface area contributed by atoms with Gasteiger partial charge in [-0.3, -0.25) is 14.5 Å². The molecule has 5 nitrogen and oxygen atoms in total. The van der Waals surface area contributed by atoms with E-state index in [1.165, 1.54) is 12.1 Å². The first-order valence-electron chi connectivity index (χ1n) is 7.67. The summed E-state index contributed by atoms with van der Waals surface area (Å²) in [4.78, 5) is 25.9. The fourth-order valence-electron chi connectivity index (χ4n) is 2.39. The number of carbonyl (C=O) groups excluding carboxylic acids is 2. The van der Waals surface area contributed by atoms with Gasteiger partial charge in [0.15, 0.2) is 6.61 Å². The summed E-state index contributed by atoms with van der Waals surface area (Å²) in [6, 6.07) is 14.7. The normalized spacial score (nSPS) is 15.4. The minimum Gasteiger partial charge on any atom is -0.479 e. The zero-order valence-corrected chi connectivity index (χ0v) is 14.3. The van der Waals surface area contributed by atoms with Crippen molar-refractivity contribution in [3.05, 3.63) is 70.4 Å². The summed E-state index contributed by atoms with van der Waals surface area (Å²) in [6.07, 6.45) is 1.57. The first-order valence-corrected chi connectivity index (χ1v) is 8.48. The monoisotopic (exact) mass is 368 g/mol. The SMILES string of the molecule is N#CCOc1cccc(/C=C2\SC(=O)N(Cc3ccccc3F)C2=O)c1. The average molecular weight is 368 g/mol. The van der Waals surface area contributed by atoms with E-state index in [2.05, 4.69) is 0 Å². The molecule has 0 radical (unpaired) electrons. The highest BCUT2D eigenvalue weighted by Gasteiger charge is 2.35. The number of amides is 2. The van der Waals surface area contributed by atoms with Crippen LogP contribution >= 0.6 is 11.8 Å². The molecule has 1 saturated heterocycles. The minimum atomic E-state index is -0.466. The molecule has 0 atom stereocenters. The zero-order valence-electron chi connectivity index (χ0n) is 13.5. The summed E-state index contributed by atoms with van der Waals surface area (Å²) < 4.78 is 19.0. The predicted octanol–water partition coefficient (Wildman–Crippen LogP) is 3.96. The van der Waals surface area contributed by atoms with Crippen molar-refractivity contribution in [2.45, 2.75) is 6.54 Å². The third kappa shape index (κ3) is 3.92. The van der Waals surface area contributed by atoms with Crippen molar-refractivity contribution in [2.75, 3.05) is 6.61 Å². The van der Waals surface area contributed by atoms with Crippen molar-refractivity contribution in [1.82, 2.24) is 4.90 Å². The number of thioether (sulfide) groups is 1. The summed E-state index contributed by atoms with van der Waals surface area (Å²) >= 11 is 0.808. The van der Waals surface area contributed by atoms with Gasteiger partial charge in [0.2, 0.25) is 0 Å². The molecule has 0 bridgehead atoms. The van der Waals surface area contributed by atoms with Crippen LogP contribution in [0.2, 0.25) is 0 Å². The standard InChI is InChI=1S/C19H13FN2O3S/c20-16-7-2-1-5-14(16)12-22-18(23)17(26-19(22)24)11-13-4-3-6-15(10-13)25-9-8-21/h1-7,10-11H,9,12H2/b17-11-. The number of hydrogen-bond donors (Lipinski definition) is 0. The van der Waals surface area contributed by atoms with Crippen LogP contribution in [0.3, 0.4) is 0 Å². The second-order valence-electron chi connectivity index (χ2n) is 5.38. The van der Waals surface area contributed by atoms with E-state index in [0.29, 0.717) is 11.3 Å². The molecule has 2 aromatic rings. The van der Waals surface area contributed by atoms with E-state index in [0.717, 1.165) is 16.7 Å². The predicted molar refractivity (Wildman–Crippen MR) is 95.5 cm³/mol. The fraction of sp³-hybridized carbons (Fsp3) is 0.105. The molecule has 1 aliphatic heterocycles. The van der Waals surface area contributed by atoms with Crippen LogP contribution in [-0.2, 0) is 11.3 Å². The number of hydrogen-bond acceptors (Lipinski definition) is 5. The van der Waals surface area contributed by atoms with Crippen molar-refractivity contribution < 1.29 is 18.7 Å². The van der Waals surface area contributed by atoms with Gasteiger partial charge in [0.25, 0.3) is 11.1 Å². The van der Waals surface area contributed by atoms with E-state index in [4.69, 9.17) is 10.00 Å². The highest BCUT2D eigenvalue weighted by molar-refractivity contribution is 8.18. The molecule has 7 heteroatoms. The number of nitriles is 1. The van der Waals surface area contributed by atoms with Gasteiger partial charge in [0.1, 0.15) is 17.6 Å². The third-order valence-corrected chi connectivity index (χ3v) is 4.53. The van der Waals surface area contributed by atoms with Crippen LogP contribution in [0.5, 0.6) is 5.75 Å². The Labute approximate surface area is 153 Å². The summed E-state index contributed by atoms with van der Waals surface area (Å²) in [5.74, 6) is -0.435. The third-order valence-electron chi connectivity index (χ3n) is 3.62. The molecule has 0 aromatic heterocycles. The second kappa shape index (κ2) is 7.85. The fourth-order valence-corrected chi connectivity index (χ4v) is 3.23. The molecule has 3 rings (SSSR count). The van der Waals surface area contributed by atoms with Gasteiger partial charge in [-0.1, -0.05) is 30.3 Å². The van der Waals surface area contributed by atoms with Gasteiger partial charge in [0.05, 0.1) is 11.4 Å². The Hall–Kier alpha value is -3.11. The Morgan fingerprint density at radius 3 is 2.77 bits per heavy atom. The largest absolute Gasteiger partial charge is 0.479 e. The van der Waals surface area contributed by atoms with Crippen molar-refractivity contribution >= 4 is 29.0 Å². The molecule has 0 aliphatic carbocycles. The second-order valence-corrected chi connectivity index (χ2v) is 6.37. The lowest BCUT2D eigenvalue weighted by atomic mass is 10.2. The van der Waals surface area contributed by atoms with Gasteiger partial charge >= 0.3 is 0 Å².